The highest BCUT2D eigenvalue weighted by Crippen LogP contribution is 2.19. The number of β-amino-alcohol motifs (C(OH)–C–C–N with tert-alkyl or cyclic N) is 1. The Morgan fingerprint density at radius 3 is 2.43 bits per heavy atom. The maximum atomic E-state index is 11.6. The molecule has 1 atom stereocenters. The lowest BCUT2D eigenvalue weighted by Crippen LogP contribution is -2.42. The number of nitrogens with one attached hydrogen (secondary N) is 1. The molecule has 2 aliphatic rings. The van der Waals surface area contributed by atoms with Gasteiger partial charge in [0.05, 0.1) is 13.0 Å². The second-order valence-electron chi connectivity index (χ2n) is 8.67. The number of piperidine rings is 2. The van der Waals surface area contributed by atoms with Gasteiger partial charge in [-0.2, -0.15) is 0 Å². The van der Waals surface area contributed by atoms with Gasteiger partial charge in [0.1, 0.15) is 18.5 Å². The molecular weight excluding hydrogens is 382 g/mol. The van der Waals surface area contributed by atoms with Gasteiger partial charge < -0.3 is 29.7 Å². The van der Waals surface area contributed by atoms with Crippen LogP contribution in [0.1, 0.15) is 31.2 Å². The summed E-state index contributed by atoms with van der Waals surface area (Å²) in [5, 5.41) is 14.0. The quantitative estimate of drug-likeness (QED) is 0.588. The molecule has 0 aliphatic carbocycles. The molecule has 30 heavy (non-hydrogen) atoms. The maximum absolute atomic E-state index is 11.6. The number of aliphatic hydroxyl groups is 1. The van der Waals surface area contributed by atoms with E-state index in [0.717, 1.165) is 51.3 Å². The predicted octanol–water partition coefficient (Wildman–Crippen LogP) is 1.50. The average Bonchev–Trinajstić information content (AvgIpc) is 2.78. The number of methoxy groups -OCH3 is 1. The van der Waals surface area contributed by atoms with Crippen molar-refractivity contribution in [2.24, 2.45) is 5.92 Å². The summed E-state index contributed by atoms with van der Waals surface area (Å²) in [6.07, 6.45) is 3.43. The standard InChI is InChI=1S/C23H37N3O4/c1-25-11-9-20(10-12-25)24-15-18-3-5-22(6-4-18)30-17-21(27)16-26-13-7-19(8-14-26)23(28)29-2/h3-6,19-21,24,27H,7-17H2,1-2H3. The van der Waals surface area contributed by atoms with E-state index in [1.165, 1.54) is 25.5 Å². The minimum absolute atomic E-state index is 0.00732. The number of hydrogen-bond acceptors (Lipinski definition) is 7. The molecule has 7 heteroatoms. The van der Waals surface area contributed by atoms with E-state index in [1.807, 2.05) is 12.1 Å². The fraction of sp³-hybridized carbons (Fsp3) is 0.696. The van der Waals surface area contributed by atoms with E-state index < -0.39 is 6.10 Å². The van der Waals surface area contributed by atoms with Gasteiger partial charge in [0, 0.05) is 19.1 Å². The molecule has 2 N–H and O–H groups in total. The van der Waals surface area contributed by atoms with Gasteiger partial charge in [0.2, 0.25) is 0 Å². The lowest BCUT2D eigenvalue weighted by Gasteiger charge is -2.31. The van der Waals surface area contributed by atoms with E-state index in [2.05, 4.69) is 34.3 Å². The molecule has 2 fully saturated rings. The Balaban J connectivity index is 1.32. The molecule has 2 aliphatic heterocycles. The molecule has 3 rings (SSSR count). The van der Waals surface area contributed by atoms with Crippen molar-refractivity contribution >= 4 is 5.97 Å². The van der Waals surface area contributed by atoms with Gasteiger partial charge in [0.25, 0.3) is 0 Å². The third-order valence-electron chi connectivity index (χ3n) is 6.27. The highest BCUT2D eigenvalue weighted by molar-refractivity contribution is 5.72. The first kappa shape index (κ1) is 23.0. The molecule has 0 saturated carbocycles. The van der Waals surface area contributed by atoms with Crippen molar-refractivity contribution in [1.29, 1.82) is 0 Å². The van der Waals surface area contributed by atoms with Gasteiger partial charge >= 0.3 is 5.97 Å². The number of aliphatic hydroxyl groups excluding tert-OH is 1. The monoisotopic (exact) mass is 419 g/mol. The number of ether oxygens (including phenoxy) is 2. The van der Waals surface area contributed by atoms with Gasteiger partial charge in [-0.05, 0) is 76.6 Å². The topological polar surface area (TPSA) is 74.3 Å². The molecular formula is C23H37N3O4. The zero-order valence-electron chi connectivity index (χ0n) is 18.4. The van der Waals surface area contributed by atoms with Crippen LogP contribution < -0.4 is 10.1 Å². The Bertz CT molecular complexity index is 638. The van der Waals surface area contributed by atoms with Crippen LogP contribution in [0.15, 0.2) is 24.3 Å². The largest absolute Gasteiger partial charge is 0.491 e. The second kappa shape index (κ2) is 11.6. The molecule has 7 nitrogen and oxygen atoms in total. The molecule has 1 unspecified atom stereocenters. The number of benzene rings is 1. The number of hydrogen-bond donors (Lipinski definition) is 2. The van der Waals surface area contributed by atoms with Crippen molar-refractivity contribution in [2.45, 2.75) is 44.4 Å². The van der Waals surface area contributed by atoms with Gasteiger partial charge in [-0.25, -0.2) is 0 Å². The summed E-state index contributed by atoms with van der Waals surface area (Å²) >= 11 is 0. The first-order valence-corrected chi connectivity index (χ1v) is 11.2. The summed E-state index contributed by atoms with van der Waals surface area (Å²) in [7, 11) is 3.62. The molecule has 2 saturated heterocycles. The van der Waals surface area contributed by atoms with Crippen LogP contribution in [0.25, 0.3) is 0 Å². The van der Waals surface area contributed by atoms with Crippen LogP contribution in [0.3, 0.4) is 0 Å². The number of esters is 1. The summed E-state index contributed by atoms with van der Waals surface area (Å²) in [5.41, 5.74) is 1.25. The Morgan fingerprint density at radius 1 is 1.13 bits per heavy atom. The number of likely N-dealkylation sites (tertiary alicyclic amines) is 2. The van der Waals surface area contributed by atoms with E-state index >= 15 is 0 Å². The van der Waals surface area contributed by atoms with Crippen molar-refractivity contribution in [3.63, 3.8) is 0 Å². The smallest absolute Gasteiger partial charge is 0.308 e. The second-order valence-corrected chi connectivity index (χ2v) is 8.67. The first-order valence-electron chi connectivity index (χ1n) is 11.2. The third kappa shape index (κ3) is 7.23. The van der Waals surface area contributed by atoms with E-state index in [1.54, 1.807) is 0 Å². The van der Waals surface area contributed by atoms with Gasteiger partial charge in [-0.1, -0.05) is 12.1 Å². The fourth-order valence-electron chi connectivity index (χ4n) is 4.24. The zero-order valence-corrected chi connectivity index (χ0v) is 18.4. The van der Waals surface area contributed by atoms with Crippen LogP contribution in [-0.2, 0) is 16.1 Å². The number of nitrogens with zero attached hydrogens (tertiary/aromatic N) is 2. The van der Waals surface area contributed by atoms with Crippen molar-refractivity contribution in [3.05, 3.63) is 29.8 Å². The minimum atomic E-state index is -0.551. The van der Waals surface area contributed by atoms with Gasteiger partial charge in [-0.15, -0.1) is 0 Å². The fourth-order valence-corrected chi connectivity index (χ4v) is 4.24. The zero-order chi connectivity index (χ0) is 21.3. The van der Waals surface area contributed by atoms with E-state index in [4.69, 9.17) is 9.47 Å². The molecule has 0 amide bonds. The summed E-state index contributed by atoms with van der Waals surface area (Å²) < 4.78 is 10.6. The molecule has 1 aromatic rings. The molecule has 0 radical (unpaired) electrons. The highest BCUT2D eigenvalue weighted by atomic mass is 16.5. The third-order valence-corrected chi connectivity index (χ3v) is 6.27. The number of carbonyl (C=O) groups excluding carboxylic acids is 1. The first-order chi connectivity index (χ1) is 14.5. The van der Waals surface area contributed by atoms with E-state index in [9.17, 15) is 9.90 Å². The van der Waals surface area contributed by atoms with Crippen LogP contribution in [0.5, 0.6) is 5.75 Å². The minimum Gasteiger partial charge on any atom is -0.491 e. The Kier molecular flexibility index (Phi) is 8.93. The lowest BCUT2D eigenvalue weighted by molar-refractivity contribution is -0.147. The normalized spacial score (nSPS) is 20.8. The molecule has 2 heterocycles. The van der Waals surface area contributed by atoms with E-state index in [0.29, 0.717) is 12.6 Å². The van der Waals surface area contributed by atoms with Crippen molar-refractivity contribution in [3.8, 4) is 5.75 Å². The summed E-state index contributed by atoms with van der Waals surface area (Å²) in [6.45, 7) is 5.63. The predicted molar refractivity (Wildman–Crippen MR) is 116 cm³/mol. The molecule has 168 valence electrons. The average molecular weight is 420 g/mol. The SMILES string of the molecule is COC(=O)C1CCN(CC(O)COc2ccc(CNC3CCN(C)CC3)cc2)CC1. The Morgan fingerprint density at radius 2 is 1.80 bits per heavy atom. The van der Waals surface area contributed by atoms with Crippen LogP contribution in [0, 0.1) is 5.92 Å². The molecule has 1 aromatic carbocycles. The Labute approximate surface area is 180 Å². The molecule has 0 aromatic heterocycles. The molecule has 0 spiro atoms. The van der Waals surface area contributed by atoms with Crippen molar-refractivity contribution in [1.82, 2.24) is 15.1 Å². The lowest BCUT2D eigenvalue weighted by atomic mass is 9.97. The van der Waals surface area contributed by atoms with Crippen LogP contribution in [0.2, 0.25) is 0 Å². The van der Waals surface area contributed by atoms with Crippen LogP contribution >= 0.6 is 0 Å². The number of carbonyl (C=O) groups is 1. The number of rotatable bonds is 9. The highest BCUT2D eigenvalue weighted by Gasteiger charge is 2.26. The van der Waals surface area contributed by atoms with Crippen molar-refractivity contribution < 1.29 is 19.4 Å². The van der Waals surface area contributed by atoms with E-state index in [-0.39, 0.29) is 18.5 Å². The maximum Gasteiger partial charge on any atom is 0.308 e. The summed E-state index contributed by atoms with van der Waals surface area (Å²) in [6, 6.07) is 8.72. The Hall–Kier alpha value is -1.67. The summed E-state index contributed by atoms with van der Waals surface area (Å²) in [5.74, 6) is 0.650. The van der Waals surface area contributed by atoms with Crippen LogP contribution in [0.4, 0.5) is 0 Å². The van der Waals surface area contributed by atoms with Gasteiger partial charge in [-0.3, -0.25) is 4.79 Å². The van der Waals surface area contributed by atoms with Crippen LogP contribution in [-0.4, -0.2) is 86.5 Å². The van der Waals surface area contributed by atoms with Crippen molar-refractivity contribution in [2.75, 3.05) is 53.5 Å². The van der Waals surface area contributed by atoms with Gasteiger partial charge in [0.15, 0.2) is 0 Å². The summed E-state index contributed by atoms with van der Waals surface area (Å²) in [4.78, 5) is 16.2. The molecule has 0 bridgehead atoms.